The van der Waals surface area contributed by atoms with Crippen molar-refractivity contribution in [1.29, 1.82) is 0 Å². The topological polar surface area (TPSA) is 77.2 Å². The largest absolute Gasteiger partial charge is 0.356 e. The SMILES string of the molecule is O=C(NCC1CCCN(C(=O)c2cc(Br)c[nH]2)C1)Nc1cccc(F)c1. The van der Waals surface area contributed by atoms with E-state index in [1.165, 1.54) is 18.2 Å². The van der Waals surface area contributed by atoms with Gasteiger partial charge in [-0.3, -0.25) is 4.79 Å². The number of aromatic amines is 1. The lowest BCUT2D eigenvalue weighted by Gasteiger charge is -2.32. The summed E-state index contributed by atoms with van der Waals surface area (Å²) in [5.41, 5.74) is 0.953. The zero-order valence-corrected chi connectivity index (χ0v) is 15.7. The van der Waals surface area contributed by atoms with Gasteiger partial charge in [0, 0.05) is 36.0 Å². The van der Waals surface area contributed by atoms with Crippen molar-refractivity contribution in [2.24, 2.45) is 5.92 Å². The van der Waals surface area contributed by atoms with Gasteiger partial charge in [-0.2, -0.15) is 0 Å². The third-order valence-electron chi connectivity index (χ3n) is 4.32. The maximum absolute atomic E-state index is 13.1. The van der Waals surface area contributed by atoms with Crippen molar-refractivity contribution in [3.8, 4) is 0 Å². The molecule has 0 bridgehead atoms. The smallest absolute Gasteiger partial charge is 0.319 e. The Hall–Kier alpha value is -2.35. The number of urea groups is 1. The van der Waals surface area contributed by atoms with E-state index in [9.17, 15) is 14.0 Å². The molecule has 1 fully saturated rings. The number of anilines is 1. The van der Waals surface area contributed by atoms with Crippen LogP contribution in [0.2, 0.25) is 0 Å². The van der Waals surface area contributed by atoms with Gasteiger partial charge >= 0.3 is 6.03 Å². The molecular weight excluding hydrogens is 403 g/mol. The highest BCUT2D eigenvalue weighted by atomic mass is 79.9. The number of rotatable bonds is 4. The van der Waals surface area contributed by atoms with Crippen molar-refractivity contribution in [3.05, 3.63) is 52.5 Å². The third-order valence-corrected chi connectivity index (χ3v) is 4.78. The van der Waals surface area contributed by atoms with E-state index in [0.29, 0.717) is 31.0 Å². The number of amides is 3. The Morgan fingerprint density at radius 2 is 2.19 bits per heavy atom. The number of carbonyl (C=O) groups excluding carboxylic acids is 2. The fourth-order valence-electron chi connectivity index (χ4n) is 3.06. The molecule has 6 nitrogen and oxygen atoms in total. The summed E-state index contributed by atoms with van der Waals surface area (Å²) in [7, 11) is 0. The summed E-state index contributed by atoms with van der Waals surface area (Å²) in [6.07, 6.45) is 3.57. The Bertz CT molecular complexity index is 795. The fourth-order valence-corrected chi connectivity index (χ4v) is 3.40. The number of piperidine rings is 1. The average Bonchev–Trinajstić information content (AvgIpc) is 3.06. The highest BCUT2D eigenvalue weighted by molar-refractivity contribution is 9.10. The minimum atomic E-state index is -0.403. The lowest BCUT2D eigenvalue weighted by molar-refractivity contribution is 0.0670. The molecule has 1 aromatic carbocycles. The highest BCUT2D eigenvalue weighted by Crippen LogP contribution is 2.19. The molecule has 3 rings (SSSR count). The quantitative estimate of drug-likeness (QED) is 0.703. The molecular formula is C18H20BrFN4O2. The first-order chi connectivity index (χ1) is 12.5. The molecule has 138 valence electrons. The lowest BCUT2D eigenvalue weighted by Crippen LogP contribution is -2.44. The standard InChI is InChI=1S/C18H20BrFN4O2/c19-13-7-16(21-10-13)17(25)24-6-2-3-12(11-24)9-22-18(26)23-15-5-1-4-14(20)8-15/h1,4-5,7-8,10,12,21H,2-3,6,9,11H2,(H2,22,23,26). The number of halogens is 2. The second kappa shape index (κ2) is 8.35. The van der Waals surface area contributed by atoms with Crippen molar-refractivity contribution in [1.82, 2.24) is 15.2 Å². The summed E-state index contributed by atoms with van der Waals surface area (Å²) >= 11 is 3.33. The van der Waals surface area contributed by atoms with Crippen LogP contribution in [0.25, 0.3) is 0 Å². The molecule has 26 heavy (non-hydrogen) atoms. The number of H-pyrrole nitrogens is 1. The summed E-state index contributed by atoms with van der Waals surface area (Å²) in [4.78, 5) is 29.2. The number of nitrogens with one attached hydrogen (secondary N) is 3. The Balaban J connectivity index is 1.49. The van der Waals surface area contributed by atoms with Crippen molar-refractivity contribution in [2.75, 3.05) is 25.0 Å². The summed E-state index contributed by atoms with van der Waals surface area (Å²) in [6.45, 7) is 1.76. The van der Waals surface area contributed by atoms with Crippen molar-refractivity contribution >= 4 is 33.6 Å². The van der Waals surface area contributed by atoms with Gasteiger partial charge in [0.2, 0.25) is 0 Å². The number of carbonyl (C=O) groups is 2. The summed E-state index contributed by atoms with van der Waals surface area (Å²) in [5.74, 6) is -0.255. The molecule has 0 saturated carbocycles. The zero-order chi connectivity index (χ0) is 18.5. The minimum absolute atomic E-state index is 0.0374. The summed E-state index contributed by atoms with van der Waals surface area (Å²) in [6, 6.07) is 7.12. The van der Waals surface area contributed by atoms with E-state index in [-0.39, 0.29) is 17.9 Å². The molecule has 0 radical (unpaired) electrons. The van der Waals surface area contributed by atoms with Gasteiger partial charge in [-0.05, 0) is 59.0 Å². The first kappa shape index (κ1) is 18.4. The van der Waals surface area contributed by atoms with Gasteiger partial charge in [-0.15, -0.1) is 0 Å². The van der Waals surface area contributed by atoms with Crippen molar-refractivity contribution in [3.63, 3.8) is 0 Å². The van der Waals surface area contributed by atoms with Gasteiger partial charge in [0.05, 0.1) is 0 Å². The predicted molar refractivity (Wildman–Crippen MR) is 101 cm³/mol. The molecule has 1 unspecified atom stereocenters. The second-order valence-electron chi connectivity index (χ2n) is 6.34. The van der Waals surface area contributed by atoms with Gasteiger partial charge < -0.3 is 20.5 Å². The maximum atomic E-state index is 13.1. The molecule has 0 aliphatic carbocycles. The number of aromatic nitrogens is 1. The zero-order valence-electron chi connectivity index (χ0n) is 14.1. The molecule has 2 aromatic rings. The van der Waals surface area contributed by atoms with Crippen LogP contribution in [-0.4, -0.2) is 41.5 Å². The van der Waals surface area contributed by atoms with E-state index in [2.05, 4.69) is 31.5 Å². The van der Waals surface area contributed by atoms with Crippen LogP contribution in [0.5, 0.6) is 0 Å². The van der Waals surface area contributed by atoms with Gasteiger partial charge in [0.15, 0.2) is 0 Å². The van der Waals surface area contributed by atoms with Gasteiger partial charge in [0.1, 0.15) is 11.5 Å². The molecule has 0 spiro atoms. The van der Waals surface area contributed by atoms with E-state index in [0.717, 1.165) is 17.3 Å². The van der Waals surface area contributed by atoms with Crippen molar-refractivity contribution < 1.29 is 14.0 Å². The van der Waals surface area contributed by atoms with Crippen LogP contribution in [0.4, 0.5) is 14.9 Å². The van der Waals surface area contributed by atoms with Crippen LogP contribution in [-0.2, 0) is 0 Å². The number of hydrogen-bond donors (Lipinski definition) is 3. The molecule has 1 aromatic heterocycles. The third kappa shape index (κ3) is 4.85. The average molecular weight is 423 g/mol. The predicted octanol–water partition coefficient (Wildman–Crippen LogP) is 3.59. The molecule has 1 aliphatic heterocycles. The van der Waals surface area contributed by atoms with Crippen LogP contribution in [0.1, 0.15) is 23.3 Å². The van der Waals surface area contributed by atoms with E-state index < -0.39 is 5.82 Å². The number of nitrogens with zero attached hydrogens (tertiary/aromatic N) is 1. The number of likely N-dealkylation sites (tertiary alicyclic amines) is 1. The summed E-state index contributed by atoms with van der Waals surface area (Å²) < 4.78 is 14.0. The first-order valence-corrected chi connectivity index (χ1v) is 9.24. The van der Waals surface area contributed by atoms with Gasteiger partial charge in [-0.1, -0.05) is 6.07 Å². The Labute approximate surface area is 159 Å². The Morgan fingerprint density at radius 1 is 1.35 bits per heavy atom. The first-order valence-electron chi connectivity index (χ1n) is 8.45. The monoisotopic (exact) mass is 422 g/mol. The minimum Gasteiger partial charge on any atom is -0.356 e. The lowest BCUT2D eigenvalue weighted by atomic mass is 9.98. The van der Waals surface area contributed by atoms with E-state index in [1.807, 2.05) is 0 Å². The number of hydrogen-bond acceptors (Lipinski definition) is 2. The van der Waals surface area contributed by atoms with Crippen LogP contribution in [0, 0.1) is 11.7 Å². The number of benzene rings is 1. The Kier molecular flexibility index (Phi) is 5.92. The van der Waals surface area contributed by atoms with Gasteiger partial charge in [0.25, 0.3) is 5.91 Å². The molecule has 1 atom stereocenters. The maximum Gasteiger partial charge on any atom is 0.319 e. The van der Waals surface area contributed by atoms with Gasteiger partial charge in [-0.25, -0.2) is 9.18 Å². The van der Waals surface area contributed by atoms with Crippen LogP contribution >= 0.6 is 15.9 Å². The molecule has 1 aliphatic rings. The Morgan fingerprint density at radius 3 is 2.92 bits per heavy atom. The molecule has 3 amide bonds. The fraction of sp³-hybridized carbons (Fsp3) is 0.333. The molecule has 8 heteroatoms. The summed E-state index contributed by atoms with van der Waals surface area (Å²) in [5, 5.41) is 5.40. The highest BCUT2D eigenvalue weighted by Gasteiger charge is 2.25. The van der Waals surface area contributed by atoms with Crippen LogP contribution in [0.15, 0.2) is 41.0 Å². The van der Waals surface area contributed by atoms with Crippen LogP contribution in [0.3, 0.4) is 0 Å². The van der Waals surface area contributed by atoms with E-state index in [4.69, 9.17) is 0 Å². The second-order valence-corrected chi connectivity index (χ2v) is 7.25. The van der Waals surface area contributed by atoms with Crippen molar-refractivity contribution in [2.45, 2.75) is 12.8 Å². The molecule has 2 heterocycles. The van der Waals surface area contributed by atoms with Crippen LogP contribution < -0.4 is 10.6 Å². The normalized spacial score (nSPS) is 17.0. The van der Waals surface area contributed by atoms with E-state index >= 15 is 0 Å². The molecule has 1 saturated heterocycles. The van der Waals surface area contributed by atoms with E-state index in [1.54, 1.807) is 23.2 Å². The molecule has 3 N–H and O–H groups in total.